The third kappa shape index (κ3) is 5.63. The number of nitrogens with one attached hydrogen (secondary N) is 1. The Morgan fingerprint density at radius 3 is 2.24 bits per heavy atom. The van der Waals surface area contributed by atoms with Crippen LogP contribution in [0.4, 0.5) is 5.69 Å². The number of hydrogen-bond acceptors (Lipinski definition) is 5. The van der Waals surface area contributed by atoms with Crippen LogP contribution >= 0.6 is 0 Å². The van der Waals surface area contributed by atoms with Gasteiger partial charge in [0.2, 0.25) is 20.0 Å². The third-order valence-electron chi connectivity index (χ3n) is 5.76. The van der Waals surface area contributed by atoms with Crippen molar-refractivity contribution in [1.82, 2.24) is 8.61 Å². The number of rotatable bonds is 9. The van der Waals surface area contributed by atoms with Gasteiger partial charge in [-0.05, 0) is 60.4 Å². The molecule has 1 amide bonds. The van der Waals surface area contributed by atoms with Gasteiger partial charge in [0.05, 0.1) is 10.6 Å². The minimum absolute atomic E-state index is 0.124. The monoisotopic (exact) mass is 493 g/mol. The first kappa shape index (κ1) is 25.4. The molecule has 0 saturated heterocycles. The van der Waals surface area contributed by atoms with Gasteiger partial charge < -0.3 is 5.32 Å². The first-order valence-corrected chi connectivity index (χ1v) is 14.2. The number of anilines is 1. The number of hydrogen-bond donors (Lipinski definition) is 1. The first-order chi connectivity index (χ1) is 15.6. The summed E-state index contributed by atoms with van der Waals surface area (Å²) in [6.07, 6.45) is 1.20. The lowest BCUT2D eigenvalue weighted by molar-refractivity contribution is 0.102. The largest absolute Gasteiger partial charge is 0.322 e. The Labute approximate surface area is 196 Å². The Bertz CT molecular complexity index is 1210. The highest BCUT2D eigenvalue weighted by Gasteiger charge is 2.26. The summed E-state index contributed by atoms with van der Waals surface area (Å²) in [6, 6.07) is 11.4. The zero-order valence-corrected chi connectivity index (χ0v) is 20.9. The highest BCUT2D eigenvalue weighted by Crippen LogP contribution is 2.25. The molecule has 1 aliphatic rings. The molecule has 0 aliphatic carbocycles. The molecule has 2 aromatic rings. The van der Waals surface area contributed by atoms with Crippen LogP contribution < -0.4 is 5.32 Å². The fraction of sp³-hybridized carbons (Fsp3) is 0.435. The van der Waals surface area contributed by atoms with Gasteiger partial charge in [0.15, 0.2) is 0 Å². The van der Waals surface area contributed by atoms with Crippen molar-refractivity contribution in [2.24, 2.45) is 0 Å². The first-order valence-electron chi connectivity index (χ1n) is 11.1. The fourth-order valence-electron chi connectivity index (χ4n) is 3.93. The maximum Gasteiger partial charge on any atom is 0.255 e. The van der Waals surface area contributed by atoms with Crippen LogP contribution in [-0.4, -0.2) is 56.7 Å². The van der Waals surface area contributed by atoms with Crippen LogP contribution in [0.25, 0.3) is 0 Å². The summed E-state index contributed by atoms with van der Waals surface area (Å²) in [4.78, 5) is 12.9. The zero-order chi connectivity index (χ0) is 24.2. The van der Waals surface area contributed by atoms with Crippen LogP contribution in [0.2, 0.25) is 0 Å². The molecule has 10 heteroatoms. The Hall–Kier alpha value is -2.27. The number of nitrogens with zero attached hydrogens (tertiary/aromatic N) is 2. The second-order valence-corrected chi connectivity index (χ2v) is 12.0. The number of benzene rings is 2. The maximum atomic E-state index is 12.7. The molecule has 0 aromatic heterocycles. The lowest BCUT2D eigenvalue weighted by Gasteiger charge is -2.28. The van der Waals surface area contributed by atoms with E-state index in [4.69, 9.17) is 0 Å². The van der Waals surface area contributed by atoms with Gasteiger partial charge in [-0.25, -0.2) is 16.8 Å². The summed E-state index contributed by atoms with van der Waals surface area (Å²) >= 11 is 0. The summed E-state index contributed by atoms with van der Waals surface area (Å²) in [5.74, 6) is -0.244. The van der Waals surface area contributed by atoms with Crippen LogP contribution in [0.3, 0.4) is 0 Å². The van der Waals surface area contributed by atoms with Crippen molar-refractivity contribution in [3.05, 3.63) is 59.2 Å². The molecule has 0 radical (unpaired) electrons. The Morgan fingerprint density at radius 2 is 1.64 bits per heavy atom. The van der Waals surface area contributed by atoms with Crippen LogP contribution in [0.1, 0.15) is 48.7 Å². The van der Waals surface area contributed by atoms with Crippen molar-refractivity contribution >= 4 is 31.6 Å². The van der Waals surface area contributed by atoms with Crippen molar-refractivity contribution in [3.63, 3.8) is 0 Å². The average Bonchev–Trinajstić information content (AvgIpc) is 2.79. The average molecular weight is 494 g/mol. The molecule has 0 spiro atoms. The molecule has 8 nitrogen and oxygen atoms in total. The second-order valence-electron chi connectivity index (χ2n) is 7.95. The summed E-state index contributed by atoms with van der Waals surface area (Å²) in [6.45, 7) is 6.89. The van der Waals surface area contributed by atoms with Crippen molar-refractivity contribution in [2.45, 2.75) is 45.1 Å². The number of sulfonamides is 2. The Kier molecular flexibility index (Phi) is 7.94. The molecule has 3 rings (SSSR count). The number of fused-ring (bicyclic) bond motifs is 1. The van der Waals surface area contributed by atoms with E-state index in [1.807, 2.05) is 13.0 Å². The minimum Gasteiger partial charge on any atom is -0.322 e. The van der Waals surface area contributed by atoms with Crippen LogP contribution in [-0.2, 0) is 33.0 Å². The molecule has 1 heterocycles. The minimum atomic E-state index is -3.59. The molecule has 1 aliphatic heterocycles. The van der Waals surface area contributed by atoms with Gasteiger partial charge in [0, 0.05) is 37.4 Å². The molecular formula is C23H31N3O5S2. The van der Waals surface area contributed by atoms with Crippen molar-refractivity contribution in [2.75, 3.05) is 30.7 Å². The van der Waals surface area contributed by atoms with Gasteiger partial charge in [-0.1, -0.05) is 26.8 Å². The highest BCUT2D eigenvalue weighted by atomic mass is 32.2. The van der Waals surface area contributed by atoms with E-state index in [-0.39, 0.29) is 16.6 Å². The molecule has 180 valence electrons. The molecule has 2 aromatic carbocycles. The van der Waals surface area contributed by atoms with Crippen molar-refractivity contribution in [3.8, 4) is 0 Å². The van der Waals surface area contributed by atoms with Crippen molar-refractivity contribution in [1.29, 1.82) is 0 Å². The van der Waals surface area contributed by atoms with Gasteiger partial charge in [0.25, 0.3) is 5.91 Å². The summed E-state index contributed by atoms with van der Waals surface area (Å²) in [7, 11) is -6.87. The molecule has 33 heavy (non-hydrogen) atoms. The fourth-order valence-corrected chi connectivity index (χ4v) is 6.86. The van der Waals surface area contributed by atoms with Gasteiger partial charge in [-0.3, -0.25) is 4.79 Å². The number of carbonyl (C=O) groups is 1. The molecule has 0 bridgehead atoms. The van der Waals surface area contributed by atoms with Gasteiger partial charge in [-0.15, -0.1) is 0 Å². The van der Waals surface area contributed by atoms with E-state index < -0.39 is 20.0 Å². The molecule has 0 atom stereocenters. The highest BCUT2D eigenvalue weighted by molar-refractivity contribution is 7.89. The van der Waals surface area contributed by atoms with E-state index in [1.165, 1.54) is 32.9 Å². The van der Waals surface area contributed by atoms with Crippen LogP contribution in [0.5, 0.6) is 0 Å². The Balaban J connectivity index is 1.74. The molecule has 0 unspecified atom stereocenters. The normalized spacial score (nSPS) is 14.8. The maximum absolute atomic E-state index is 12.7. The van der Waals surface area contributed by atoms with Crippen LogP contribution in [0.15, 0.2) is 47.4 Å². The topological polar surface area (TPSA) is 104 Å². The lowest BCUT2D eigenvalue weighted by Crippen LogP contribution is -2.37. The Morgan fingerprint density at radius 1 is 0.970 bits per heavy atom. The van der Waals surface area contributed by atoms with E-state index in [1.54, 1.807) is 26.0 Å². The molecule has 0 saturated carbocycles. The molecule has 0 fully saturated rings. The van der Waals surface area contributed by atoms with E-state index >= 15 is 0 Å². The SMILES string of the molecule is CCCS(=O)(=O)N1CCc2ccc(NC(=O)c3ccc(S(=O)(=O)N(CC)CC)cc3)cc2C1. The zero-order valence-electron chi connectivity index (χ0n) is 19.2. The summed E-state index contributed by atoms with van der Waals surface area (Å²) in [5.41, 5.74) is 2.84. The molecule has 1 N–H and O–H groups in total. The standard InChI is InChI=1S/C23H31N3O5S2/c1-4-15-32(28,29)26-14-13-18-7-10-21(16-20(18)17-26)24-23(27)19-8-11-22(12-9-19)33(30,31)25(5-2)6-3/h7-12,16H,4-6,13-15,17H2,1-3H3,(H,24,27). The lowest BCUT2D eigenvalue weighted by atomic mass is 10.0. The predicted octanol–water partition coefficient (Wildman–Crippen LogP) is 3.07. The number of amides is 1. The van der Waals surface area contributed by atoms with E-state index in [0.29, 0.717) is 50.3 Å². The number of carbonyl (C=O) groups excluding carboxylic acids is 1. The van der Waals surface area contributed by atoms with E-state index in [9.17, 15) is 21.6 Å². The predicted molar refractivity (Wildman–Crippen MR) is 129 cm³/mol. The van der Waals surface area contributed by atoms with Gasteiger partial charge in [-0.2, -0.15) is 8.61 Å². The molecular weight excluding hydrogens is 462 g/mol. The summed E-state index contributed by atoms with van der Waals surface area (Å²) in [5, 5.41) is 2.82. The van der Waals surface area contributed by atoms with Crippen molar-refractivity contribution < 1.29 is 21.6 Å². The van der Waals surface area contributed by atoms with E-state index in [2.05, 4.69) is 5.32 Å². The van der Waals surface area contributed by atoms with Gasteiger partial charge >= 0.3 is 0 Å². The smallest absolute Gasteiger partial charge is 0.255 e. The summed E-state index contributed by atoms with van der Waals surface area (Å²) < 4.78 is 53.0. The van der Waals surface area contributed by atoms with Crippen LogP contribution in [0, 0.1) is 0 Å². The second kappa shape index (κ2) is 10.3. The quantitative estimate of drug-likeness (QED) is 0.578. The third-order valence-corrected chi connectivity index (χ3v) is 9.84. The van der Waals surface area contributed by atoms with Gasteiger partial charge in [0.1, 0.15) is 0 Å². The van der Waals surface area contributed by atoms with E-state index in [0.717, 1.165) is 11.1 Å².